The predicted molar refractivity (Wildman–Crippen MR) is 156 cm³/mol. The van der Waals surface area contributed by atoms with Crippen LogP contribution in [0, 0.1) is 11.6 Å². The summed E-state index contributed by atoms with van der Waals surface area (Å²) in [4.78, 5) is 12.9. The van der Waals surface area contributed by atoms with E-state index in [-0.39, 0.29) is 36.2 Å². The highest BCUT2D eigenvalue weighted by atomic mass is 19.2. The Kier molecular flexibility index (Phi) is 10.2. The van der Waals surface area contributed by atoms with Crippen LogP contribution in [-0.4, -0.2) is 106 Å². The Labute approximate surface area is 262 Å². The molecule has 2 aromatic carbocycles. The standard InChI is InChI=1S/C31H36F2N2O11/c1-13(7-8-42-16-4-5-17(32)18(33)11-16)27-25(39)26(40)31(46-27)45-20-6-3-15(10-19(20)34)9-14(2)30(41)35-21-22(36)24(38)29-28(23(21)37)43-12-44-29/h3-7,9-11,21-29,31,36-40H,8,12,34H2,1-2H3,(H,35,41)/b13-7-,14-9+/t21-,22?,23-,24?,25+,26+,27-,28+,29?,31-/m1/s1. The monoisotopic (exact) mass is 650 g/mol. The number of fused-ring (bicyclic) bond motifs is 1. The Hall–Kier alpha value is -3.67. The van der Waals surface area contributed by atoms with Gasteiger partial charge in [-0.2, -0.15) is 0 Å². The molecule has 1 saturated carbocycles. The van der Waals surface area contributed by atoms with Crippen LogP contribution in [0.5, 0.6) is 11.5 Å². The van der Waals surface area contributed by atoms with Crippen LogP contribution in [0.15, 0.2) is 53.6 Å². The highest BCUT2D eigenvalue weighted by molar-refractivity contribution is 5.97. The number of hydrogen-bond acceptors (Lipinski definition) is 12. The van der Waals surface area contributed by atoms with E-state index in [1.165, 1.54) is 31.2 Å². The van der Waals surface area contributed by atoms with Crippen molar-refractivity contribution in [3.05, 3.63) is 70.8 Å². The van der Waals surface area contributed by atoms with Gasteiger partial charge in [-0.05, 0) is 61.4 Å². The Balaban J connectivity index is 1.18. The number of rotatable bonds is 9. The topological polar surface area (TPSA) is 202 Å². The molecule has 2 aliphatic heterocycles. The number of ether oxygens (including phenoxy) is 5. The smallest absolute Gasteiger partial charge is 0.247 e. The van der Waals surface area contributed by atoms with Gasteiger partial charge < -0.3 is 60.3 Å². The summed E-state index contributed by atoms with van der Waals surface area (Å²) in [5.41, 5.74) is 7.49. The summed E-state index contributed by atoms with van der Waals surface area (Å²) in [5.74, 6) is -2.43. The number of aliphatic hydroxyl groups excluding tert-OH is 5. The van der Waals surface area contributed by atoms with Crippen molar-refractivity contribution < 1.29 is 62.8 Å². The van der Waals surface area contributed by atoms with Crippen LogP contribution >= 0.6 is 0 Å². The Morgan fingerprint density at radius 1 is 0.957 bits per heavy atom. The fraction of sp³-hybridized carbons (Fsp3) is 0.452. The third kappa shape index (κ3) is 7.01. The van der Waals surface area contributed by atoms with Gasteiger partial charge in [-0.3, -0.25) is 4.79 Å². The molecule has 0 spiro atoms. The molecule has 3 aliphatic rings. The number of nitrogen functional groups attached to an aromatic ring is 1. The summed E-state index contributed by atoms with van der Waals surface area (Å²) in [6.07, 6.45) is -7.98. The number of carbonyl (C=O) groups is 1. The number of halogens is 2. The molecule has 46 heavy (non-hydrogen) atoms. The quantitative estimate of drug-likeness (QED) is 0.110. The van der Waals surface area contributed by atoms with Gasteiger partial charge in [-0.15, -0.1) is 0 Å². The molecule has 0 aromatic heterocycles. The van der Waals surface area contributed by atoms with Crippen LogP contribution in [0.2, 0.25) is 0 Å². The van der Waals surface area contributed by atoms with Gasteiger partial charge in [0.15, 0.2) is 11.6 Å². The minimum atomic E-state index is -1.49. The molecule has 250 valence electrons. The summed E-state index contributed by atoms with van der Waals surface area (Å²) in [6.45, 7) is 2.95. The first kappa shape index (κ1) is 33.7. The van der Waals surface area contributed by atoms with Gasteiger partial charge in [-0.25, -0.2) is 8.78 Å². The third-order valence-corrected chi connectivity index (χ3v) is 8.13. The lowest BCUT2D eigenvalue weighted by Crippen LogP contribution is -2.67. The summed E-state index contributed by atoms with van der Waals surface area (Å²) < 4.78 is 53.9. The van der Waals surface area contributed by atoms with E-state index in [9.17, 15) is 39.1 Å². The average Bonchev–Trinajstić information content (AvgIpc) is 3.62. The van der Waals surface area contributed by atoms with Gasteiger partial charge in [0, 0.05) is 11.6 Å². The van der Waals surface area contributed by atoms with E-state index in [0.717, 1.165) is 12.1 Å². The molecule has 2 saturated heterocycles. The maximum atomic E-state index is 13.4. The van der Waals surface area contributed by atoms with Crippen molar-refractivity contribution in [2.75, 3.05) is 19.1 Å². The maximum Gasteiger partial charge on any atom is 0.247 e. The van der Waals surface area contributed by atoms with Gasteiger partial charge in [0.25, 0.3) is 0 Å². The van der Waals surface area contributed by atoms with Gasteiger partial charge in [0.1, 0.15) is 73.7 Å². The van der Waals surface area contributed by atoms with E-state index in [1.54, 1.807) is 19.1 Å². The molecule has 8 N–H and O–H groups in total. The molecule has 13 nitrogen and oxygen atoms in total. The van der Waals surface area contributed by atoms with Crippen molar-refractivity contribution in [2.45, 2.75) is 75.0 Å². The van der Waals surface area contributed by atoms with Crippen LogP contribution in [0.3, 0.4) is 0 Å². The summed E-state index contributed by atoms with van der Waals surface area (Å²) in [5, 5.41) is 55.0. The molecule has 5 rings (SSSR count). The molecule has 1 aliphatic carbocycles. The van der Waals surface area contributed by atoms with E-state index >= 15 is 0 Å². The largest absolute Gasteiger partial charge is 0.489 e. The highest BCUT2D eigenvalue weighted by Gasteiger charge is 2.53. The molecule has 3 unspecified atom stereocenters. The number of nitrogens with one attached hydrogen (secondary N) is 1. The van der Waals surface area contributed by atoms with E-state index in [4.69, 9.17) is 29.4 Å². The Morgan fingerprint density at radius 3 is 2.37 bits per heavy atom. The van der Waals surface area contributed by atoms with Gasteiger partial charge in [0.2, 0.25) is 12.2 Å². The van der Waals surface area contributed by atoms with Crippen LogP contribution in [0.1, 0.15) is 19.4 Å². The van der Waals surface area contributed by atoms with E-state index < -0.39 is 78.7 Å². The lowest BCUT2D eigenvalue weighted by molar-refractivity contribution is -0.155. The zero-order valence-corrected chi connectivity index (χ0v) is 24.8. The lowest BCUT2D eigenvalue weighted by Gasteiger charge is -2.41. The van der Waals surface area contributed by atoms with E-state index in [1.807, 2.05) is 0 Å². The second-order valence-electron chi connectivity index (χ2n) is 11.3. The highest BCUT2D eigenvalue weighted by Crippen LogP contribution is 2.33. The predicted octanol–water partition coefficient (Wildman–Crippen LogP) is 0.124. The number of amides is 1. The molecular weight excluding hydrogens is 614 g/mol. The minimum absolute atomic E-state index is 0.0431. The molecule has 0 radical (unpaired) electrons. The number of anilines is 1. The molecule has 2 heterocycles. The summed E-state index contributed by atoms with van der Waals surface area (Å²) in [6, 6.07) is 6.48. The minimum Gasteiger partial charge on any atom is -0.489 e. The molecule has 1 amide bonds. The number of carbonyl (C=O) groups excluding carboxylic acids is 1. The first-order valence-corrected chi connectivity index (χ1v) is 14.4. The van der Waals surface area contributed by atoms with Crippen LogP contribution in [-0.2, 0) is 19.0 Å². The maximum absolute atomic E-state index is 13.4. The first-order valence-electron chi connectivity index (χ1n) is 14.4. The van der Waals surface area contributed by atoms with Gasteiger partial charge in [-0.1, -0.05) is 6.07 Å². The lowest BCUT2D eigenvalue weighted by atomic mass is 9.83. The van der Waals surface area contributed by atoms with Gasteiger partial charge >= 0.3 is 0 Å². The van der Waals surface area contributed by atoms with Gasteiger partial charge in [0.05, 0.1) is 11.7 Å². The second-order valence-corrected chi connectivity index (χ2v) is 11.3. The van der Waals surface area contributed by atoms with Crippen molar-refractivity contribution in [3.63, 3.8) is 0 Å². The van der Waals surface area contributed by atoms with E-state index in [0.29, 0.717) is 11.1 Å². The van der Waals surface area contributed by atoms with E-state index in [2.05, 4.69) is 5.32 Å². The molecule has 10 atom stereocenters. The average molecular weight is 651 g/mol. The third-order valence-electron chi connectivity index (χ3n) is 8.13. The normalized spacial score (nSPS) is 33.1. The van der Waals surface area contributed by atoms with Crippen LogP contribution < -0.4 is 20.5 Å². The zero-order valence-electron chi connectivity index (χ0n) is 24.8. The molecule has 2 aromatic rings. The SMILES string of the molecule is C/C(=C/COc1ccc(F)c(F)c1)[C@H]1O[C@@H](Oc2ccc(/C=C(\C)C(=O)N[C@@H]3C(O)C(O)C4OCO[C@H]4[C@@H]3O)cc2N)[C@@H](O)[C@@H]1O. The van der Waals surface area contributed by atoms with Crippen LogP contribution in [0.25, 0.3) is 6.08 Å². The molecule has 0 bridgehead atoms. The second kappa shape index (κ2) is 14.0. The molecule has 15 heteroatoms. The summed E-state index contributed by atoms with van der Waals surface area (Å²) >= 11 is 0. The molecular formula is C31H36F2N2O11. The molecule has 3 fully saturated rings. The Morgan fingerprint density at radius 2 is 1.67 bits per heavy atom. The summed E-state index contributed by atoms with van der Waals surface area (Å²) in [7, 11) is 0. The number of aliphatic hydroxyl groups is 5. The zero-order chi connectivity index (χ0) is 33.3. The fourth-order valence-electron chi connectivity index (χ4n) is 5.50. The van der Waals surface area contributed by atoms with Crippen molar-refractivity contribution in [3.8, 4) is 11.5 Å². The first-order chi connectivity index (χ1) is 21.8. The number of benzene rings is 2. The number of nitrogens with two attached hydrogens (primary N) is 1. The van der Waals surface area contributed by atoms with Crippen molar-refractivity contribution in [1.82, 2.24) is 5.32 Å². The number of hydrogen-bond donors (Lipinski definition) is 7. The van der Waals surface area contributed by atoms with Crippen LogP contribution in [0.4, 0.5) is 14.5 Å². The Bertz CT molecular complexity index is 1490. The van der Waals surface area contributed by atoms with Crippen molar-refractivity contribution in [1.29, 1.82) is 0 Å². The fourth-order valence-corrected chi connectivity index (χ4v) is 5.50. The van der Waals surface area contributed by atoms with Crippen molar-refractivity contribution >= 4 is 17.7 Å². The van der Waals surface area contributed by atoms with Crippen molar-refractivity contribution in [2.24, 2.45) is 0 Å².